The molecule has 0 bridgehead atoms. The van der Waals surface area contributed by atoms with Crippen molar-refractivity contribution in [2.45, 2.75) is 0 Å². The quantitative estimate of drug-likeness (QED) is 0.534. The predicted octanol–water partition coefficient (Wildman–Crippen LogP) is -0.0248. The van der Waals surface area contributed by atoms with Gasteiger partial charge in [0.1, 0.15) is 6.61 Å². The van der Waals surface area contributed by atoms with E-state index >= 15 is 0 Å². The Hall–Kier alpha value is -0.350. The summed E-state index contributed by atoms with van der Waals surface area (Å²) in [4.78, 5) is 0. The van der Waals surface area contributed by atoms with E-state index in [9.17, 15) is 13.5 Å². The maximum absolute atomic E-state index is 10.2. The Balaban J connectivity index is 3.92. The average Bonchev–Trinajstić information content (AvgIpc) is 1.59. The molecule has 0 aliphatic heterocycles. The smallest absolute Gasteiger partial charge is 0.168 e. The first-order valence-electron chi connectivity index (χ1n) is 2.01. The van der Waals surface area contributed by atoms with Crippen molar-refractivity contribution < 1.29 is 13.5 Å². The van der Waals surface area contributed by atoms with Gasteiger partial charge in [0.05, 0.1) is 0 Å². The summed E-state index contributed by atoms with van der Waals surface area (Å²) < 4.78 is 20.3. The second kappa shape index (κ2) is 2.84. The maximum Gasteiger partial charge on any atom is 0.168 e. The van der Waals surface area contributed by atoms with Crippen LogP contribution in [0.1, 0.15) is 0 Å². The first-order valence-corrected chi connectivity index (χ1v) is 3.96. The molecule has 0 spiro atoms. The molecule has 0 saturated heterocycles. The third kappa shape index (κ3) is 5.65. The molecule has 0 saturated carbocycles. The van der Waals surface area contributed by atoms with Crippen LogP contribution >= 0.6 is 0 Å². The van der Waals surface area contributed by atoms with Crippen molar-refractivity contribution in [2.75, 3.05) is 12.9 Å². The van der Waals surface area contributed by atoms with Crippen LogP contribution in [0.3, 0.4) is 0 Å². The Bertz CT molecular complexity index is 166. The van der Waals surface area contributed by atoms with E-state index in [0.717, 1.165) is 17.7 Å². The highest BCUT2D eigenvalue weighted by atomic mass is 32.2. The van der Waals surface area contributed by atoms with Gasteiger partial charge < -0.3 is 0 Å². The van der Waals surface area contributed by atoms with Gasteiger partial charge in [0.15, 0.2) is 9.84 Å². The lowest BCUT2D eigenvalue weighted by molar-refractivity contribution is 0.232. The molecule has 0 amide bonds. The predicted molar refractivity (Wildman–Crippen MR) is 29.5 cm³/mol. The molecule has 0 atom stereocenters. The average molecular weight is 135 g/mol. The first-order chi connectivity index (χ1) is 3.56. The molecule has 8 heavy (non-hydrogen) atoms. The van der Waals surface area contributed by atoms with E-state index < -0.39 is 16.4 Å². The Kier molecular flexibility index (Phi) is 2.71. The van der Waals surface area contributed by atoms with Crippen molar-refractivity contribution in [3.05, 3.63) is 11.5 Å². The van der Waals surface area contributed by atoms with E-state index in [1.54, 1.807) is 0 Å². The van der Waals surface area contributed by atoms with E-state index in [0.29, 0.717) is 0 Å². The minimum absolute atomic E-state index is 0.479. The van der Waals surface area contributed by atoms with Gasteiger partial charge in [-0.15, -0.1) is 0 Å². The van der Waals surface area contributed by atoms with E-state index in [-0.39, 0.29) is 0 Å². The van der Waals surface area contributed by atoms with E-state index in [1.807, 2.05) is 0 Å². The molecule has 47 valence electrons. The van der Waals surface area contributed by atoms with Gasteiger partial charge in [0.25, 0.3) is 0 Å². The van der Waals surface area contributed by atoms with Crippen molar-refractivity contribution in [1.82, 2.24) is 0 Å². The highest BCUT2D eigenvalue weighted by molar-refractivity contribution is 7.93. The lowest BCUT2D eigenvalue weighted by Crippen LogP contribution is -1.88. The van der Waals surface area contributed by atoms with Crippen molar-refractivity contribution in [3.63, 3.8) is 0 Å². The number of hydrogen-bond acceptors (Lipinski definition) is 2. The molecule has 0 heterocycles. The molecule has 0 aliphatic rings. The molecule has 0 unspecified atom stereocenters. The summed E-state index contributed by atoms with van der Waals surface area (Å²) in [5, 5.41) is 10.5. The summed E-state index contributed by atoms with van der Waals surface area (Å²) >= 11 is 0. The lowest BCUT2D eigenvalue weighted by Gasteiger charge is -1.79. The first kappa shape index (κ1) is 7.65. The van der Waals surface area contributed by atoms with Crippen LogP contribution in [0.2, 0.25) is 0 Å². The number of rotatable bonds is 2. The largest absolute Gasteiger partial charge is 0.232 e. The molecule has 0 aromatic heterocycles. The summed E-state index contributed by atoms with van der Waals surface area (Å²) in [5.74, 6) is 0. The molecular weight excluding hydrogens is 128 g/mol. The zero-order valence-electron chi connectivity index (χ0n) is 4.49. The molecule has 0 rings (SSSR count). The lowest BCUT2D eigenvalue weighted by atomic mass is 10.7. The van der Waals surface area contributed by atoms with Gasteiger partial charge in [0.2, 0.25) is 0 Å². The van der Waals surface area contributed by atoms with E-state index in [2.05, 4.69) is 0 Å². The van der Waals surface area contributed by atoms with Gasteiger partial charge in [-0.05, 0) is 6.08 Å². The van der Waals surface area contributed by atoms with Gasteiger partial charge >= 0.3 is 0 Å². The summed E-state index contributed by atoms with van der Waals surface area (Å²) in [6, 6.07) is 0. The van der Waals surface area contributed by atoms with E-state index in [4.69, 9.17) is 0 Å². The SMILES string of the molecule is CS(=O)(=O)/C=C/C[O]. The topological polar surface area (TPSA) is 54.0 Å². The molecule has 0 aliphatic carbocycles. The summed E-state index contributed by atoms with van der Waals surface area (Å²) in [6.07, 6.45) is 2.11. The summed E-state index contributed by atoms with van der Waals surface area (Å²) in [6.45, 7) is -0.479. The summed E-state index contributed by atoms with van der Waals surface area (Å²) in [5.41, 5.74) is 0. The maximum atomic E-state index is 10.2. The summed E-state index contributed by atoms with van der Waals surface area (Å²) in [7, 11) is -3.07. The standard InChI is InChI=1S/C4H7O3S/c1-8(6,7)4-2-3-5/h2,4H,3H2,1H3/b4-2+. The fourth-order valence-corrected chi connectivity index (χ4v) is 0.642. The molecule has 1 radical (unpaired) electrons. The highest BCUT2D eigenvalue weighted by Gasteiger charge is 1.89. The van der Waals surface area contributed by atoms with Gasteiger partial charge in [0, 0.05) is 11.7 Å². The van der Waals surface area contributed by atoms with Gasteiger partial charge in [-0.2, -0.15) is 0 Å². The third-order valence-corrected chi connectivity index (χ3v) is 1.13. The van der Waals surface area contributed by atoms with E-state index in [1.165, 1.54) is 0 Å². The van der Waals surface area contributed by atoms with Crippen LogP contribution in [0, 0.1) is 0 Å². The molecule has 0 aromatic carbocycles. The second-order valence-corrected chi connectivity index (χ2v) is 3.30. The monoisotopic (exact) mass is 135 g/mol. The molecular formula is C4H7O3S. The van der Waals surface area contributed by atoms with Crippen molar-refractivity contribution in [2.24, 2.45) is 0 Å². The second-order valence-electron chi connectivity index (χ2n) is 1.37. The number of hydrogen-bond donors (Lipinski definition) is 0. The minimum atomic E-state index is -3.07. The Morgan fingerprint density at radius 2 is 2.00 bits per heavy atom. The third-order valence-electron chi connectivity index (χ3n) is 0.440. The van der Waals surface area contributed by atoms with Crippen molar-refractivity contribution >= 4 is 9.84 Å². The Morgan fingerprint density at radius 3 is 2.12 bits per heavy atom. The van der Waals surface area contributed by atoms with Crippen LogP contribution in [0.15, 0.2) is 11.5 Å². The molecule has 3 nitrogen and oxygen atoms in total. The highest BCUT2D eigenvalue weighted by Crippen LogP contribution is 1.82. The molecule has 0 N–H and O–H groups in total. The van der Waals surface area contributed by atoms with Crippen LogP contribution in [0.4, 0.5) is 0 Å². The van der Waals surface area contributed by atoms with Gasteiger partial charge in [-0.1, -0.05) is 0 Å². The van der Waals surface area contributed by atoms with Crippen LogP contribution < -0.4 is 0 Å². The minimum Gasteiger partial charge on any atom is -0.232 e. The molecule has 0 aromatic rings. The van der Waals surface area contributed by atoms with Gasteiger partial charge in [-0.25, -0.2) is 13.5 Å². The van der Waals surface area contributed by atoms with Crippen LogP contribution in [0.5, 0.6) is 0 Å². The zero-order chi connectivity index (χ0) is 6.62. The normalized spacial score (nSPS) is 12.8. The molecule has 0 fully saturated rings. The van der Waals surface area contributed by atoms with Crippen LogP contribution in [-0.2, 0) is 14.9 Å². The fraction of sp³-hybridized carbons (Fsp3) is 0.500. The Morgan fingerprint density at radius 1 is 1.50 bits per heavy atom. The fourth-order valence-electron chi connectivity index (χ4n) is 0.214. The molecule has 4 heteroatoms. The Labute approximate surface area is 48.6 Å². The van der Waals surface area contributed by atoms with Crippen LogP contribution in [-0.4, -0.2) is 21.3 Å². The van der Waals surface area contributed by atoms with Crippen molar-refractivity contribution in [1.29, 1.82) is 0 Å². The number of sulfone groups is 1. The van der Waals surface area contributed by atoms with Crippen molar-refractivity contribution in [3.8, 4) is 0 Å². The zero-order valence-corrected chi connectivity index (χ0v) is 5.31. The van der Waals surface area contributed by atoms with Crippen LogP contribution in [0.25, 0.3) is 0 Å². The van der Waals surface area contributed by atoms with Gasteiger partial charge in [-0.3, -0.25) is 0 Å².